The number of aliphatic hydroxyl groups is 3. The largest absolute Gasteiger partial charge is 0.394 e. The molecule has 3 atom stereocenters. The molecule has 0 saturated heterocycles. The van der Waals surface area contributed by atoms with Gasteiger partial charge in [-0.3, -0.25) is 4.79 Å². The number of aliphatic hydroxyl groups excluding tert-OH is 3. The topological polar surface area (TPSA) is 89.8 Å². The molecule has 0 aliphatic carbocycles. The molecule has 0 aliphatic rings. The zero-order chi connectivity index (χ0) is 33.1. The number of carbonyl (C=O) groups excluding carboxylic acids is 1. The zero-order valence-corrected chi connectivity index (χ0v) is 30.3. The van der Waals surface area contributed by atoms with Crippen LogP contribution in [0.1, 0.15) is 213 Å². The number of hydrogen-bond donors (Lipinski definition) is 4. The summed E-state index contributed by atoms with van der Waals surface area (Å²) in [6.07, 6.45) is 40.6. The quantitative estimate of drug-likeness (QED) is 0.0406. The van der Waals surface area contributed by atoms with E-state index in [1.807, 2.05) is 6.08 Å². The maximum absolute atomic E-state index is 12.4. The van der Waals surface area contributed by atoms with Crippen LogP contribution in [0.2, 0.25) is 0 Å². The molecule has 0 aromatic carbocycles. The van der Waals surface area contributed by atoms with Crippen LogP contribution in [0.15, 0.2) is 12.2 Å². The van der Waals surface area contributed by atoms with E-state index in [-0.39, 0.29) is 18.9 Å². The molecule has 0 bridgehead atoms. The predicted octanol–water partition coefficient (Wildman–Crippen LogP) is 10.9. The molecule has 0 saturated carbocycles. The molecule has 3 unspecified atom stereocenters. The Kier molecular flexibility index (Phi) is 35.2. The average molecular weight is 638 g/mol. The Morgan fingerprint density at radius 3 is 1.29 bits per heavy atom. The van der Waals surface area contributed by atoms with Crippen molar-refractivity contribution >= 4 is 5.91 Å². The molecule has 45 heavy (non-hydrogen) atoms. The molecule has 0 fully saturated rings. The number of nitrogens with one attached hydrogen (secondary N) is 1. The van der Waals surface area contributed by atoms with Crippen molar-refractivity contribution in [2.75, 3.05) is 6.61 Å². The van der Waals surface area contributed by atoms with Gasteiger partial charge < -0.3 is 20.6 Å². The van der Waals surface area contributed by atoms with Crippen LogP contribution in [0.5, 0.6) is 0 Å². The molecular weight excluding hydrogens is 558 g/mol. The SMILES string of the molecule is CCCCCCCCCCCC/C=C/C(O)C(CO)NC(=O)CC(O)CCCCCCCCCCCCCCCCCCCC. The fraction of sp³-hybridized carbons (Fsp3) is 0.925. The minimum absolute atomic E-state index is 0.0184. The van der Waals surface area contributed by atoms with Gasteiger partial charge >= 0.3 is 0 Å². The number of amides is 1. The van der Waals surface area contributed by atoms with E-state index in [0.717, 1.165) is 25.7 Å². The summed E-state index contributed by atoms with van der Waals surface area (Å²) in [4.78, 5) is 12.4. The summed E-state index contributed by atoms with van der Waals surface area (Å²) in [6.45, 7) is 4.20. The Morgan fingerprint density at radius 1 is 0.556 bits per heavy atom. The molecule has 268 valence electrons. The highest BCUT2D eigenvalue weighted by Gasteiger charge is 2.20. The Bertz CT molecular complexity index is 625. The van der Waals surface area contributed by atoms with Gasteiger partial charge in [-0.1, -0.05) is 199 Å². The second kappa shape index (κ2) is 35.9. The first kappa shape index (κ1) is 44.1. The minimum atomic E-state index is -0.922. The highest BCUT2D eigenvalue weighted by molar-refractivity contribution is 5.76. The molecular formula is C40H79NO4. The van der Waals surface area contributed by atoms with Gasteiger partial charge in [0, 0.05) is 0 Å². The molecule has 0 spiro atoms. The second-order valence-electron chi connectivity index (χ2n) is 13.9. The van der Waals surface area contributed by atoms with Crippen LogP contribution >= 0.6 is 0 Å². The zero-order valence-electron chi connectivity index (χ0n) is 30.3. The standard InChI is InChI=1S/C40H79NO4/c1-3-5-7-9-11-13-15-17-18-19-20-21-22-23-25-27-29-31-33-37(43)35-40(45)41-38(36-42)39(44)34-32-30-28-26-24-16-14-12-10-8-6-4-2/h32,34,37-39,42-44H,3-31,33,35-36H2,1-2H3,(H,41,45)/b34-32+. The van der Waals surface area contributed by atoms with Gasteiger partial charge in [0.15, 0.2) is 0 Å². The lowest BCUT2D eigenvalue weighted by Gasteiger charge is -2.21. The molecule has 0 radical (unpaired) electrons. The predicted molar refractivity (Wildman–Crippen MR) is 195 cm³/mol. The number of allylic oxidation sites excluding steroid dienone is 1. The van der Waals surface area contributed by atoms with Crippen molar-refractivity contribution in [2.45, 2.75) is 231 Å². The number of unbranched alkanes of at least 4 members (excludes halogenated alkanes) is 27. The summed E-state index contributed by atoms with van der Waals surface area (Å²) in [5.41, 5.74) is 0. The first-order valence-electron chi connectivity index (χ1n) is 20.0. The Hall–Kier alpha value is -0.910. The number of carbonyl (C=O) groups is 1. The van der Waals surface area contributed by atoms with Crippen molar-refractivity contribution in [3.05, 3.63) is 12.2 Å². The Balaban J connectivity index is 3.65. The van der Waals surface area contributed by atoms with E-state index in [2.05, 4.69) is 19.2 Å². The summed E-state index contributed by atoms with van der Waals surface area (Å²) in [7, 11) is 0. The molecule has 0 heterocycles. The molecule has 0 rings (SSSR count). The van der Waals surface area contributed by atoms with E-state index in [9.17, 15) is 20.1 Å². The van der Waals surface area contributed by atoms with Crippen LogP contribution in [0.25, 0.3) is 0 Å². The summed E-state index contributed by atoms with van der Waals surface area (Å²) < 4.78 is 0. The van der Waals surface area contributed by atoms with Gasteiger partial charge in [0.25, 0.3) is 0 Å². The van der Waals surface area contributed by atoms with Crippen molar-refractivity contribution in [3.8, 4) is 0 Å². The van der Waals surface area contributed by atoms with Gasteiger partial charge in [-0.2, -0.15) is 0 Å². The third-order valence-corrected chi connectivity index (χ3v) is 9.32. The second-order valence-corrected chi connectivity index (χ2v) is 13.9. The maximum Gasteiger partial charge on any atom is 0.222 e. The van der Waals surface area contributed by atoms with Crippen molar-refractivity contribution in [1.82, 2.24) is 5.32 Å². The van der Waals surface area contributed by atoms with E-state index in [0.29, 0.717) is 6.42 Å². The van der Waals surface area contributed by atoms with E-state index in [4.69, 9.17) is 0 Å². The van der Waals surface area contributed by atoms with Gasteiger partial charge in [-0.25, -0.2) is 0 Å². The van der Waals surface area contributed by atoms with E-state index in [1.54, 1.807) is 6.08 Å². The van der Waals surface area contributed by atoms with Crippen molar-refractivity contribution < 1.29 is 20.1 Å². The van der Waals surface area contributed by atoms with Crippen molar-refractivity contribution in [1.29, 1.82) is 0 Å². The van der Waals surface area contributed by atoms with Crippen molar-refractivity contribution in [2.24, 2.45) is 0 Å². The van der Waals surface area contributed by atoms with Crippen LogP contribution in [0.4, 0.5) is 0 Å². The highest BCUT2D eigenvalue weighted by Crippen LogP contribution is 2.16. The third-order valence-electron chi connectivity index (χ3n) is 9.32. The summed E-state index contributed by atoms with van der Waals surface area (Å²) in [6, 6.07) is -0.737. The smallest absolute Gasteiger partial charge is 0.222 e. The van der Waals surface area contributed by atoms with E-state index in [1.165, 1.54) is 161 Å². The van der Waals surface area contributed by atoms with Gasteiger partial charge in [0.2, 0.25) is 5.91 Å². The first-order chi connectivity index (χ1) is 22.0. The van der Waals surface area contributed by atoms with E-state index >= 15 is 0 Å². The molecule has 5 heteroatoms. The van der Waals surface area contributed by atoms with Crippen LogP contribution < -0.4 is 5.32 Å². The van der Waals surface area contributed by atoms with Gasteiger partial charge in [-0.15, -0.1) is 0 Å². The molecule has 0 aromatic rings. The van der Waals surface area contributed by atoms with Gasteiger partial charge in [0.1, 0.15) is 0 Å². The lowest BCUT2D eigenvalue weighted by Crippen LogP contribution is -2.45. The summed E-state index contributed by atoms with van der Waals surface area (Å²) in [5, 5.41) is 33.1. The summed E-state index contributed by atoms with van der Waals surface area (Å²) in [5.74, 6) is -0.314. The normalized spacial score (nSPS) is 13.8. The van der Waals surface area contributed by atoms with Crippen molar-refractivity contribution in [3.63, 3.8) is 0 Å². The highest BCUT2D eigenvalue weighted by atomic mass is 16.3. The molecule has 5 nitrogen and oxygen atoms in total. The minimum Gasteiger partial charge on any atom is -0.394 e. The number of rotatable bonds is 36. The molecule has 1 amide bonds. The lowest BCUT2D eigenvalue weighted by molar-refractivity contribution is -0.124. The summed E-state index contributed by atoms with van der Waals surface area (Å²) >= 11 is 0. The van der Waals surface area contributed by atoms with Crippen LogP contribution in [0, 0.1) is 0 Å². The lowest BCUT2D eigenvalue weighted by atomic mass is 10.0. The number of hydrogen-bond acceptors (Lipinski definition) is 4. The fourth-order valence-corrected chi connectivity index (χ4v) is 6.22. The van der Waals surface area contributed by atoms with Crippen LogP contribution in [0.3, 0.4) is 0 Å². The first-order valence-corrected chi connectivity index (χ1v) is 20.0. The van der Waals surface area contributed by atoms with Crippen LogP contribution in [-0.2, 0) is 4.79 Å². The molecule has 0 aromatic heterocycles. The van der Waals surface area contributed by atoms with Gasteiger partial charge in [0.05, 0.1) is 31.3 Å². The Labute approximate surface area is 280 Å². The van der Waals surface area contributed by atoms with Gasteiger partial charge in [-0.05, 0) is 19.3 Å². The van der Waals surface area contributed by atoms with Crippen LogP contribution in [-0.4, -0.2) is 46.1 Å². The fourth-order valence-electron chi connectivity index (χ4n) is 6.22. The maximum atomic E-state index is 12.4. The Morgan fingerprint density at radius 2 is 0.911 bits per heavy atom. The molecule has 4 N–H and O–H groups in total. The third kappa shape index (κ3) is 32.8. The van der Waals surface area contributed by atoms with E-state index < -0.39 is 18.2 Å². The monoisotopic (exact) mass is 638 g/mol. The average Bonchev–Trinajstić information content (AvgIpc) is 3.03. The molecule has 0 aliphatic heterocycles.